The first kappa shape index (κ1) is 20.3. The van der Waals surface area contributed by atoms with Gasteiger partial charge in [0.15, 0.2) is 0 Å². The molecule has 0 heterocycles. The van der Waals surface area contributed by atoms with Crippen molar-refractivity contribution in [1.82, 2.24) is 5.32 Å². The number of nitrogens with zero attached hydrogens (tertiary/aromatic N) is 1. The minimum Gasteiger partial charge on any atom is -0.355 e. The number of halogens is 1. The van der Waals surface area contributed by atoms with Gasteiger partial charge in [0, 0.05) is 11.4 Å². The molecule has 2 rings (SSSR count). The van der Waals surface area contributed by atoms with Crippen molar-refractivity contribution >= 4 is 33.4 Å². The molecule has 0 radical (unpaired) electrons. The predicted octanol–water partition coefficient (Wildman–Crippen LogP) is 3.27. The van der Waals surface area contributed by atoms with Crippen LogP contribution in [0.4, 0.5) is 10.1 Å². The standard InChI is InChI=1S/C18H21FN2O3S2/c1-3-11-20-18(22)13-21(15-6-4-5-14(19)12-15)26(23,24)17-9-7-16(25-2)8-10-17/h4-10,12H,3,11,13H2,1-2H3,(H,20,22). The molecule has 0 unspecified atom stereocenters. The smallest absolute Gasteiger partial charge is 0.264 e. The lowest BCUT2D eigenvalue weighted by molar-refractivity contribution is -0.119. The number of carbonyl (C=O) groups excluding carboxylic acids is 1. The first-order valence-corrected chi connectivity index (χ1v) is 10.7. The molecule has 2 aromatic carbocycles. The maximum absolute atomic E-state index is 13.6. The highest BCUT2D eigenvalue weighted by Gasteiger charge is 2.27. The van der Waals surface area contributed by atoms with Crippen LogP contribution in [0, 0.1) is 5.82 Å². The molecule has 0 aliphatic carbocycles. The Bertz CT molecular complexity index is 855. The van der Waals surface area contributed by atoms with Crippen LogP contribution in [0.25, 0.3) is 0 Å². The number of sulfonamides is 1. The van der Waals surface area contributed by atoms with Crippen molar-refractivity contribution in [3.8, 4) is 0 Å². The second-order valence-electron chi connectivity index (χ2n) is 5.52. The van der Waals surface area contributed by atoms with E-state index in [1.807, 2.05) is 13.2 Å². The minimum atomic E-state index is -4.02. The summed E-state index contributed by atoms with van der Waals surface area (Å²) in [6.45, 7) is 1.92. The fourth-order valence-electron chi connectivity index (χ4n) is 2.27. The van der Waals surface area contributed by atoms with Crippen LogP contribution in [0.3, 0.4) is 0 Å². The van der Waals surface area contributed by atoms with Crippen LogP contribution >= 0.6 is 11.8 Å². The van der Waals surface area contributed by atoms with Gasteiger partial charge in [0.2, 0.25) is 5.91 Å². The molecule has 0 fully saturated rings. The van der Waals surface area contributed by atoms with Crippen LogP contribution in [0.5, 0.6) is 0 Å². The monoisotopic (exact) mass is 396 g/mol. The molecule has 0 bridgehead atoms. The number of hydrogen-bond donors (Lipinski definition) is 1. The minimum absolute atomic E-state index is 0.0443. The third kappa shape index (κ3) is 4.98. The lowest BCUT2D eigenvalue weighted by Crippen LogP contribution is -2.41. The van der Waals surface area contributed by atoms with Gasteiger partial charge in [-0.25, -0.2) is 12.8 Å². The number of amides is 1. The number of nitrogens with one attached hydrogen (secondary N) is 1. The number of anilines is 1. The Morgan fingerprint density at radius 1 is 1.19 bits per heavy atom. The van der Waals surface area contributed by atoms with Crippen molar-refractivity contribution in [1.29, 1.82) is 0 Å². The Balaban J connectivity index is 2.42. The van der Waals surface area contributed by atoms with Gasteiger partial charge in [-0.2, -0.15) is 0 Å². The Kier molecular flexibility index (Phi) is 7.05. The van der Waals surface area contributed by atoms with E-state index in [0.717, 1.165) is 21.7 Å². The Morgan fingerprint density at radius 3 is 2.46 bits per heavy atom. The van der Waals surface area contributed by atoms with Crippen molar-refractivity contribution in [2.45, 2.75) is 23.1 Å². The number of hydrogen-bond acceptors (Lipinski definition) is 4. The molecule has 140 valence electrons. The number of thioether (sulfide) groups is 1. The van der Waals surface area contributed by atoms with Crippen LogP contribution in [0.2, 0.25) is 0 Å². The van der Waals surface area contributed by atoms with E-state index in [4.69, 9.17) is 0 Å². The summed E-state index contributed by atoms with van der Waals surface area (Å²) in [5, 5.41) is 2.65. The zero-order valence-electron chi connectivity index (χ0n) is 14.6. The summed E-state index contributed by atoms with van der Waals surface area (Å²) in [5.41, 5.74) is 0.102. The van der Waals surface area contributed by atoms with Gasteiger partial charge in [0.1, 0.15) is 12.4 Å². The van der Waals surface area contributed by atoms with Gasteiger partial charge in [-0.3, -0.25) is 9.10 Å². The molecule has 1 N–H and O–H groups in total. The molecule has 0 saturated carbocycles. The zero-order chi connectivity index (χ0) is 19.2. The second kappa shape index (κ2) is 9.05. The quantitative estimate of drug-likeness (QED) is 0.696. The van der Waals surface area contributed by atoms with Gasteiger partial charge in [0.05, 0.1) is 10.6 Å². The van der Waals surface area contributed by atoms with E-state index >= 15 is 0 Å². The average molecular weight is 397 g/mol. The van der Waals surface area contributed by atoms with E-state index in [1.165, 1.54) is 42.1 Å². The summed E-state index contributed by atoms with van der Waals surface area (Å²) in [4.78, 5) is 13.1. The summed E-state index contributed by atoms with van der Waals surface area (Å²) in [6, 6.07) is 11.5. The molecule has 0 saturated heterocycles. The summed E-state index contributed by atoms with van der Waals surface area (Å²) in [5.74, 6) is -1.02. The van der Waals surface area contributed by atoms with Crippen molar-refractivity contribution < 1.29 is 17.6 Å². The largest absolute Gasteiger partial charge is 0.355 e. The highest BCUT2D eigenvalue weighted by Crippen LogP contribution is 2.25. The molecular formula is C18H21FN2O3S2. The Hall–Kier alpha value is -2.06. The Morgan fingerprint density at radius 2 is 1.88 bits per heavy atom. The fraction of sp³-hybridized carbons (Fsp3) is 0.278. The third-order valence-electron chi connectivity index (χ3n) is 3.60. The first-order valence-electron chi connectivity index (χ1n) is 8.07. The van der Waals surface area contributed by atoms with Gasteiger partial charge >= 0.3 is 0 Å². The third-order valence-corrected chi connectivity index (χ3v) is 6.13. The van der Waals surface area contributed by atoms with Crippen LogP contribution in [-0.2, 0) is 14.8 Å². The SMILES string of the molecule is CCCNC(=O)CN(c1cccc(F)c1)S(=O)(=O)c1ccc(SC)cc1. The molecule has 26 heavy (non-hydrogen) atoms. The van der Waals surface area contributed by atoms with Crippen molar-refractivity contribution in [2.75, 3.05) is 23.7 Å². The van der Waals surface area contributed by atoms with Crippen molar-refractivity contribution in [3.05, 3.63) is 54.3 Å². The van der Waals surface area contributed by atoms with Crippen LogP contribution in [0.15, 0.2) is 58.3 Å². The zero-order valence-corrected chi connectivity index (χ0v) is 16.2. The van der Waals surface area contributed by atoms with Gasteiger partial charge in [-0.1, -0.05) is 13.0 Å². The number of benzene rings is 2. The van der Waals surface area contributed by atoms with Gasteiger partial charge in [-0.15, -0.1) is 11.8 Å². The van der Waals surface area contributed by atoms with E-state index in [1.54, 1.807) is 12.1 Å². The maximum Gasteiger partial charge on any atom is 0.264 e. The van der Waals surface area contributed by atoms with Gasteiger partial charge in [0.25, 0.3) is 10.0 Å². The molecule has 1 amide bonds. The summed E-state index contributed by atoms with van der Waals surface area (Å²) >= 11 is 1.49. The topological polar surface area (TPSA) is 66.5 Å². The van der Waals surface area contributed by atoms with Crippen LogP contribution in [0.1, 0.15) is 13.3 Å². The molecule has 2 aromatic rings. The highest BCUT2D eigenvalue weighted by molar-refractivity contribution is 7.98. The fourth-order valence-corrected chi connectivity index (χ4v) is 4.09. The first-order chi connectivity index (χ1) is 12.4. The highest BCUT2D eigenvalue weighted by atomic mass is 32.2. The van der Waals surface area contributed by atoms with Crippen LogP contribution < -0.4 is 9.62 Å². The molecule has 5 nitrogen and oxygen atoms in total. The molecule has 0 atom stereocenters. The molecule has 8 heteroatoms. The molecule has 0 aliphatic heterocycles. The van der Waals surface area contributed by atoms with Crippen molar-refractivity contribution in [2.24, 2.45) is 0 Å². The van der Waals surface area contributed by atoms with E-state index in [0.29, 0.717) is 6.54 Å². The van der Waals surface area contributed by atoms with E-state index in [-0.39, 0.29) is 10.6 Å². The number of rotatable bonds is 8. The van der Waals surface area contributed by atoms with E-state index in [9.17, 15) is 17.6 Å². The predicted molar refractivity (Wildman–Crippen MR) is 102 cm³/mol. The average Bonchev–Trinajstić information content (AvgIpc) is 2.64. The summed E-state index contributed by atoms with van der Waals surface area (Å²) in [6.07, 6.45) is 2.62. The number of carbonyl (C=O) groups is 1. The normalized spacial score (nSPS) is 11.2. The second-order valence-corrected chi connectivity index (χ2v) is 8.26. The van der Waals surface area contributed by atoms with Gasteiger partial charge in [-0.05, 0) is 55.1 Å². The van der Waals surface area contributed by atoms with Gasteiger partial charge < -0.3 is 5.32 Å². The lowest BCUT2D eigenvalue weighted by Gasteiger charge is -2.24. The van der Waals surface area contributed by atoms with Crippen molar-refractivity contribution in [3.63, 3.8) is 0 Å². The maximum atomic E-state index is 13.6. The molecular weight excluding hydrogens is 375 g/mol. The molecule has 0 spiro atoms. The summed E-state index contributed by atoms with van der Waals surface area (Å²) in [7, 11) is -4.02. The molecule has 0 aromatic heterocycles. The lowest BCUT2D eigenvalue weighted by atomic mass is 10.3. The Labute approximate surface area is 157 Å². The summed E-state index contributed by atoms with van der Waals surface area (Å²) < 4.78 is 40.7. The van der Waals surface area contributed by atoms with E-state index in [2.05, 4.69) is 5.32 Å². The van der Waals surface area contributed by atoms with Crippen LogP contribution in [-0.4, -0.2) is 33.7 Å². The molecule has 0 aliphatic rings. The van der Waals surface area contributed by atoms with E-state index < -0.39 is 28.3 Å².